The van der Waals surface area contributed by atoms with Crippen LogP contribution in [0.3, 0.4) is 0 Å². The molecular formula is C27H39BrN2O3S. The Kier molecular flexibility index (Phi) is 11.5. The smallest absolute Gasteiger partial charge is 0.352 e. The minimum atomic E-state index is -0.885. The topological polar surface area (TPSA) is 57.3 Å². The fourth-order valence-corrected chi connectivity index (χ4v) is 5.79. The summed E-state index contributed by atoms with van der Waals surface area (Å²) in [4.78, 5) is 11.4. The van der Waals surface area contributed by atoms with Crippen molar-refractivity contribution in [3.05, 3.63) is 56.1 Å². The summed E-state index contributed by atoms with van der Waals surface area (Å²) in [7, 11) is 0. The van der Waals surface area contributed by atoms with Gasteiger partial charge in [-0.1, -0.05) is 129 Å². The Balaban J connectivity index is 1.44. The van der Waals surface area contributed by atoms with Crippen molar-refractivity contribution in [2.75, 3.05) is 6.61 Å². The second-order valence-corrected chi connectivity index (χ2v) is 11.2. The van der Waals surface area contributed by atoms with Crippen LogP contribution in [0.2, 0.25) is 0 Å². The molecule has 0 radical (unpaired) electrons. The summed E-state index contributed by atoms with van der Waals surface area (Å²) in [6, 6.07) is 8.00. The van der Waals surface area contributed by atoms with Gasteiger partial charge in [0.15, 0.2) is 0 Å². The Labute approximate surface area is 216 Å². The molecule has 1 aromatic heterocycles. The standard InChI is InChI=1S/C27H39BrN2O3S/c1-3-4-5-6-7-8-9-10-11-12-13-14-15-20-32-27(23-16-18-24(28)19-17-23)25-29-33-26(31)30(25)22(2)21-34-27/h16-19,21H,3-15,20H2,1-2H3/t27-/m0/s1. The molecule has 0 saturated heterocycles. The van der Waals surface area contributed by atoms with Gasteiger partial charge >= 0.3 is 5.76 Å². The fraction of sp³-hybridized carbons (Fsp3) is 0.630. The number of aromatic nitrogens is 2. The van der Waals surface area contributed by atoms with E-state index in [4.69, 9.17) is 9.26 Å². The molecule has 1 aliphatic heterocycles. The van der Waals surface area contributed by atoms with Gasteiger partial charge < -0.3 is 4.74 Å². The van der Waals surface area contributed by atoms with Crippen LogP contribution in [-0.2, 0) is 9.67 Å². The van der Waals surface area contributed by atoms with Gasteiger partial charge in [-0.15, -0.1) is 0 Å². The van der Waals surface area contributed by atoms with Crippen LogP contribution in [0.4, 0.5) is 0 Å². The molecule has 0 unspecified atom stereocenters. The lowest BCUT2D eigenvalue weighted by atomic mass is 10.0. The summed E-state index contributed by atoms with van der Waals surface area (Å²) in [5.74, 6) is 0.0228. The van der Waals surface area contributed by atoms with Gasteiger partial charge in [-0.25, -0.2) is 9.36 Å². The monoisotopic (exact) mass is 550 g/mol. The number of ether oxygens (including phenoxy) is 1. The van der Waals surface area contributed by atoms with Crippen LogP contribution >= 0.6 is 27.7 Å². The lowest BCUT2D eigenvalue weighted by Gasteiger charge is -2.34. The van der Waals surface area contributed by atoms with Crippen LogP contribution in [0.25, 0.3) is 5.70 Å². The first-order valence-corrected chi connectivity index (χ1v) is 14.6. The minimum absolute atomic E-state index is 0.477. The summed E-state index contributed by atoms with van der Waals surface area (Å²) in [6.45, 7) is 4.76. The number of unbranched alkanes of at least 4 members (excludes halogenated alkanes) is 12. The zero-order valence-corrected chi connectivity index (χ0v) is 23.1. The number of nitrogens with zero attached hydrogens (tertiary/aromatic N) is 2. The van der Waals surface area contributed by atoms with Crippen molar-refractivity contribution in [3.63, 3.8) is 0 Å². The van der Waals surface area contributed by atoms with Gasteiger partial charge in [-0.05, 0) is 30.9 Å². The van der Waals surface area contributed by atoms with E-state index in [1.807, 2.05) is 36.6 Å². The predicted octanol–water partition coefficient (Wildman–Crippen LogP) is 8.47. The molecule has 0 amide bonds. The molecule has 0 spiro atoms. The summed E-state index contributed by atoms with van der Waals surface area (Å²) in [5.41, 5.74) is 1.74. The Morgan fingerprint density at radius 2 is 1.50 bits per heavy atom. The van der Waals surface area contributed by atoms with Crippen molar-refractivity contribution in [1.82, 2.24) is 9.72 Å². The normalized spacial score (nSPS) is 17.6. The first-order valence-electron chi connectivity index (χ1n) is 12.9. The molecule has 2 aromatic rings. The third-order valence-corrected chi connectivity index (χ3v) is 8.28. The number of benzene rings is 1. The summed E-state index contributed by atoms with van der Waals surface area (Å²) in [5, 5.41) is 6.08. The molecule has 1 atom stereocenters. The van der Waals surface area contributed by atoms with Crippen LogP contribution < -0.4 is 5.76 Å². The highest BCUT2D eigenvalue weighted by Crippen LogP contribution is 2.47. The molecule has 1 aromatic carbocycles. The van der Waals surface area contributed by atoms with E-state index in [0.717, 1.165) is 28.6 Å². The van der Waals surface area contributed by atoms with Crippen molar-refractivity contribution in [3.8, 4) is 0 Å². The highest BCUT2D eigenvalue weighted by atomic mass is 79.9. The molecule has 1 aliphatic rings. The van der Waals surface area contributed by atoms with Gasteiger partial charge in [-0.2, -0.15) is 0 Å². The Bertz CT molecular complexity index is 954. The average Bonchev–Trinajstić information content (AvgIpc) is 3.24. The second kappa shape index (κ2) is 14.3. The van der Waals surface area contributed by atoms with E-state index in [0.29, 0.717) is 12.4 Å². The molecule has 7 heteroatoms. The van der Waals surface area contributed by atoms with Crippen molar-refractivity contribution in [2.45, 2.75) is 102 Å². The van der Waals surface area contributed by atoms with Crippen LogP contribution in [-0.4, -0.2) is 16.3 Å². The molecular weight excluding hydrogens is 512 g/mol. The number of hydrogen-bond donors (Lipinski definition) is 0. The van der Waals surface area contributed by atoms with Crippen molar-refractivity contribution in [1.29, 1.82) is 0 Å². The summed E-state index contributed by atoms with van der Waals surface area (Å²) in [6.07, 6.45) is 17.1. The molecule has 0 bridgehead atoms. The first kappa shape index (κ1) is 27.3. The number of thioether (sulfide) groups is 1. The Hall–Kier alpha value is -1.31. The Morgan fingerprint density at radius 3 is 2.09 bits per heavy atom. The van der Waals surface area contributed by atoms with Gasteiger partial charge in [0.2, 0.25) is 10.8 Å². The van der Waals surface area contributed by atoms with E-state index in [1.165, 1.54) is 87.0 Å². The van der Waals surface area contributed by atoms with Gasteiger partial charge in [0.05, 0.1) is 0 Å². The van der Waals surface area contributed by atoms with E-state index in [1.54, 1.807) is 0 Å². The Morgan fingerprint density at radius 1 is 0.941 bits per heavy atom. The molecule has 3 rings (SSSR count). The number of allylic oxidation sites excluding steroid dienone is 1. The lowest BCUT2D eigenvalue weighted by molar-refractivity contribution is 0.0407. The third kappa shape index (κ3) is 7.34. The number of hydrogen-bond acceptors (Lipinski definition) is 5. The van der Waals surface area contributed by atoms with Crippen molar-refractivity contribution >= 4 is 33.4 Å². The third-order valence-electron chi connectivity index (χ3n) is 6.42. The van der Waals surface area contributed by atoms with Crippen LogP contribution in [0.5, 0.6) is 0 Å². The van der Waals surface area contributed by atoms with E-state index < -0.39 is 10.7 Å². The largest absolute Gasteiger partial charge is 0.446 e. The molecule has 188 valence electrons. The quantitative estimate of drug-likeness (QED) is 0.196. The number of rotatable bonds is 16. The first-order chi connectivity index (χ1) is 16.6. The zero-order chi connectivity index (χ0) is 24.2. The maximum Gasteiger partial charge on any atom is 0.446 e. The maximum atomic E-state index is 12.3. The fourth-order valence-electron chi connectivity index (χ4n) is 4.43. The molecule has 0 saturated carbocycles. The summed E-state index contributed by atoms with van der Waals surface area (Å²) < 4.78 is 14.0. The van der Waals surface area contributed by atoms with Gasteiger partial charge in [0, 0.05) is 22.3 Å². The molecule has 2 heterocycles. The van der Waals surface area contributed by atoms with Crippen molar-refractivity contribution < 1.29 is 9.26 Å². The highest BCUT2D eigenvalue weighted by Gasteiger charge is 2.44. The molecule has 34 heavy (non-hydrogen) atoms. The van der Waals surface area contributed by atoms with Gasteiger partial charge in [-0.3, -0.25) is 4.52 Å². The molecule has 0 N–H and O–H groups in total. The van der Waals surface area contributed by atoms with Crippen molar-refractivity contribution in [2.24, 2.45) is 0 Å². The minimum Gasteiger partial charge on any atom is -0.352 e. The summed E-state index contributed by atoms with van der Waals surface area (Å²) >= 11 is 5.04. The van der Waals surface area contributed by atoms with Crippen LogP contribution in [0.15, 0.2) is 43.5 Å². The van der Waals surface area contributed by atoms with Crippen LogP contribution in [0.1, 0.15) is 109 Å². The van der Waals surface area contributed by atoms with Gasteiger partial charge in [0.25, 0.3) is 0 Å². The molecule has 0 fully saturated rings. The second-order valence-electron chi connectivity index (χ2n) is 9.20. The predicted molar refractivity (Wildman–Crippen MR) is 145 cm³/mol. The van der Waals surface area contributed by atoms with E-state index >= 15 is 0 Å². The van der Waals surface area contributed by atoms with Crippen LogP contribution in [0, 0.1) is 0 Å². The lowest BCUT2D eigenvalue weighted by Crippen LogP contribution is -2.35. The molecule has 5 nitrogen and oxygen atoms in total. The van der Waals surface area contributed by atoms with Gasteiger partial charge in [0.1, 0.15) is 0 Å². The average molecular weight is 552 g/mol. The zero-order valence-electron chi connectivity index (χ0n) is 20.7. The maximum absolute atomic E-state index is 12.3. The highest BCUT2D eigenvalue weighted by molar-refractivity contribution is 9.10. The number of fused-ring (bicyclic) bond motifs is 1. The number of halogens is 1. The van der Waals surface area contributed by atoms with E-state index in [-0.39, 0.29) is 0 Å². The van der Waals surface area contributed by atoms with E-state index in [9.17, 15) is 4.79 Å². The SMILES string of the molecule is CCCCCCCCCCCCCCCO[C@@]1(c2ccc(Br)cc2)SC=C(C)n2c1noc2=O. The van der Waals surface area contributed by atoms with E-state index in [2.05, 4.69) is 28.0 Å². The molecule has 0 aliphatic carbocycles.